The Morgan fingerprint density at radius 2 is 1.83 bits per heavy atom. The average molecular weight is 480 g/mol. The highest BCUT2D eigenvalue weighted by Gasteiger charge is 2.29. The lowest BCUT2D eigenvalue weighted by Gasteiger charge is -2.26. The number of para-hydroxylation sites is 2. The van der Waals surface area contributed by atoms with Crippen LogP contribution in [0.15, 0.2) is 54.6 Å². The minimum absolute atomic E-state index is 0.158. The Hall–Kier alpha value is -2.70. The summed E-state index contributed by atoms with van der Waals surface area (Å²) in [5, 5.41) is 15.7. The molecule has 0 radical (unpaired) electrons. The van der Waals surface area contributed by atoms with Crippen LogP contribution in [0.3, 0.4) is 0 Å². The van der Waals surface area contributed by atoms with Crippen LogP contribution in [0, 0.1) is 11.7 Å². The molecule has 5 nitrogen and oxygen atoms in total. The van der Waals surface area contributed by atoms with Crippen molar-refractivity contribution < 1.29 is 14.2 Å². The highest BCUT2D eigenvalue weighted by molar-refractivity contribution is 5.44. The Labute approximate surface area is 208 Å². The van der Waals surface area contributed by atoms with E-state index in [0.717, 1.165) is 42.8 Å². The summed E-state index contributed by atoms with van der Waals surface area (Å²) < 4.78 is 22.7. The normalized spacial score (nSPS) is 14.6. The van der Waals surface area contributed by atoms with Crippen molar-refractivity contribution in [3.63, 3.8) is 0 Å². The van der Waals surface area contributed by atoms with Crippen LogP contribution in [-0.4, -0.2) is 39.0 Å². The van der Waals surface area contributed by atoms with Crippen molar-refractivity contribution >= 4 is 0 Å². The van der Waals surface area contributed by atoms with Gasteiger partial charge in [-0.05, 0) is 55.4 Å². The lowest BCUT2D eigenvalue weighted by molar-refractivity contribution is 0.0964. The van der Waals surface area contributed by atoms with E-state index in [-0.39, 0.29) is 17.8 Å². The Bertz CT molecular complexity index is 1080. The third-order valence-electron chi connectivity index (χ3n) is 6.51. The first-order chi connectivity index (χ1) is 17.0. The first-order valence-corrected chi connectivity index (χ1v) is 13.0. The second-order valence-electron chi connectivity index (χ2n) is 10.0. The van der Waals surface area contributed by atoms with Crippen molar-refractivity contribution in [1.29, 1.82) is 0 Å². The molecule has 1 saturated carbocycles. The fourth-order valence-electron chi connectivity index (χ4n) is 4.47. The number of aliphatic hydroxyl groups excluding tert-OH is 1. The molecule has 1 atom stereocenters. The number of rotatable bonds is 13. The maximum absolute atomic E-state index is 14.6. The van der Waals surface area contributed by atoms with E-state index in [9.17, 15) is 9.50 Å². The van der Waals surface area contributed by atoms with Gasteiger partial charge in [0.25, 0.3) is 0 Å². The van der Waals surface area contributed by atoms with Gasteiger partial charge in [-0.15, -0.1) is 0 Å². The summed E-state index contributed by atoms with van der Waals surface area (Å²) in [5.74, 6) is 1.14. The van der Waals surface area contributed by atoms with Crippen molar-refractivity contribution in [1.82, 2.24) is 14.7 Å². The van der Waals surface area contributed by atoms with Crippen LogP contribution in [0.5, 0.6) is 11.6 Å². The van der Waals surface area contributed by atoms with E-state index in [1.807, 2.05) is 30.3 Å². The topological polar surface area (TPSA) is 50.5 Å². The van der Waals surface area contributed by atoms with E-state index >= 15 is 0 Å². The van der Waals surface area contributed by atoms with Gasteiger partial charge >= 0.3 is 0 Å². The molecule has 1 N–H and O–H groups in total. The van der Waals surface area contributed by atoms with Crippen LogP contribution in [0.1, 0.15) is 70.1 Å². The molecule has 1 aliphatic rings. The van der Waals surface area contributed by atoms with Crippen LogP contribution in [-0.2, 0) is 6.54 Å². The molecule has 3 aromatic rings. The summed E-state index contributed by atoms with van der Waals surface area (Å²) >= 11 is 0. The summed E-state index contributed by atoms with van der Waals surface area (Å²) in [6.07, 6.45) is 5.00. The average Bonchev–Trinajstić information content (AvgIpc) is 3.59. The van der Waals surface area contributed by atoms with Gasteiger partial charge in [-0.2, -0.15) is 5.10 Å². The van der Waals surface area contributed by atoms with Gasteiger partial charge in [-0.1, -0.05) is 63.9 Å². The second kappa shape index (κ2) is 11.8. The summed E-state index contributed by atoms with van der Waals surface area (Å²) in [6, 6.07) is 16.3. The second-order valence-corrected chi connectivity index (χ2v) is 10.0. The van der Waals surface area contributed by atoms with E-state index in [0.29, 0.717) is 24.9 Å². The molecular formula is C29H38FN3O2. The molecule has 35 heavy (non-hydrogen) atoms. The zero-order chi connectivity index (χ0) is 24.8. The molecule has 1 aliphatic carbocycles. The highest BCUT2D eigenvalue weighted by atomic mass is 19.1. The van der Waals surface area contributed by atoms with Gasteiger partial charge in [0.15, 0.2) is 11.6 Å². The quantitative estimate of drug-likeness (QED) is 0.297. The van der Waals surface area contributed by atoms with Crippen LogP contribution < -0.4 is 4.74 Å². The molecule has 1 heterocycles. The summed E-state index contributed by atoms with van der Waals surface area (Å²) in [5.41, 5.74) is 2.75. The largest absolute Gasteiger partial charge is 0.435 e. The molecular weight excluding hydrogens is 441 g/mol. The molecule has 0 aliphatic heterocycles. The number of hydrogen-bond acceptors (Lipinski definition) is 4. The number of aliphatic hydroxyl groups is 1. The molecule has 6 heteroatoms. The van der Waals surface area contributed by atoms with Gasteiger partial charge in [0.05, 0.1) is 23.0 Å². The molecule has 188 valence electrons. The number of unbranched alkanes of at least 4 members (excludes halogenated alkanes) is 1. The molecule has 0 bridgehead atoms. The molecule has 2 aromatic carbocycles. The predicted molar refractivity (Wildman–Crippen MR) is 138 cm³/mol. The van der Waals surface area contributed by atoms with E-state index in [2.05, 4.69) is 25.7 Å². The minimum atomic E-state index is -0.407. The minimum Gasteiger partial charge on any atom is -0.435 e. The molecule has 1 aromatic heterocycles. The van der Waals surface area contributed by atoms with Crippen LogP contribution in [0.2, 0.25) is 0 Å². The van der Waals surface area contributed by atoms with Gasteiger partial charge in [-0.25, -0.2) is 9.07 Å². The number of benzene rings is 2. The zero-order valence-electron chi connectivity index (χ0n) is 21.2. The van der Waals surface area contributed by atoms with Crippen molar-refractivity contribution in [2.24, 2.45) is 5.92 Å². The molecule has 4 rings (SSSR count). The number of nitrogens with zero attached hydrogens (tertiary/aromatic N) is 3. The third kappa shape index (κ3) is 6.71. The standard InChI is InChI=1S/C29H38FN3O2/c1-4-5-13-24(34)19-32(18-22-16-17-22)20-25-28(21(2)3)31-33(23-11-7-6-8-12-23)29(25)35-27-15-10-9-14-26(27)30/h6-12,14-15,21-22,24,34H,4-5,13,16-20H2,1-3H3/t24-/m0/s1. The fourth-order valence-corrected chi connectivity index (χ4v) is 4.47. The molecule has 0 amide bonds. The van der Waals surface area contributed by atoms with E-state index in [4.69, 9.17) is 9.84 Å². The van der Waals surface area contributed by atoms with E-state index in [1.165, 1.54) is 18.9 Å². The molecule has 0 spiro atoms. The van der Waals surface area contributed by atoms with Crippen LogP contribution >= 0.6 is 0 Å². The van der Waals surface area contributed by atoms with Crippen molar-refractivity contribution in [3.8, 4) is 17.3 Å². The van der Waals surface area contributed by atoms with Crippen LogP contribution in [0.4, 0.5) is 4.39 Å². The highest BCUT2D eigenvalue weighted by Crippen LogP contribution is 2.37. The monoisotopic (exact) mass is 479 g/mol. The Kier molecular flexibility index (Phi) is 8.58. The van der Waals surface area contributed by atoms with Crippen molar-refractivity contribution in [2.45, 2.75) is 71.4 Å². The fraction of sp³-hybridized carbons (Fsp3) is 0.483. The first-order valence-electron chi connectivity index (χ1n) is 13.0. The first kappa shape index (κ1) is 25.4. The van der Waals surface area contributed by atoms with Gasteiger partial charge in [0, 0.05) is 19.6 Å². The van der Waals surface area contributed by atoms with Crippen molar-refractivity contribution in [2.75, 3.05) is 13.1 Å². The Morgan fingerprint density at radius 1 is 1.11 bits per heavy atom. The van der Waals surface area contributed by atoms with E-state index < -0.39 is 5.82 Å². The summed E-state index contributed by atoms with van der Waals surface area (Å²) in [4.78, 5) is 2.34. The number of halogens is 1. The molecule has 0 unspecified atom stereocenters. The summed E-state index contributed by atoms with van der Waals surface area (Å²) in [7, 11) is 0. The van der Waals surface area contributed by atoms with Gasteiger partial charge in [0.1, 0.15) is 0 Å². The maximum Gasteiger partial charge on any atom is 0.227 e. The molecule has 0 saturated heterocycles. The lowest BCUT2D eigenvalue weighted by Crippen LogP contribution is -2.34. The van der Waals surface area contributed by atoms with Gasteiger partial charge in [0.2, 0.25) is 5.88 Å². The number of ether oxygens (including phenoxy) is 1. The maximum atomic E-state index is 14.6. The Balaban J connectivity index is 1.74. The van der Waals surface area contributed by atoms with Crippen molar-refractivity contribution in [3.05, 3.63) is 71.7 Å². The Morgan fingerprint density at radius 3 is 2.49 bits per heavy atom. The smallest absolute Gasteiger partial charge is 0.227 e. The van der Waals surface area contributed by atoms with Crippen LogP contribution in [0.25, 0.3) is 5.69 Å². The SMILES string of the molecule is CCCC[C@H](O)CN(Cc1c(C(C)C)nn(-c2ccccc2)c1Oc1ccccc1F)CC1CC1. The molecule has 1 fully saturated rings. The number of aromatic nitrogens is 2. The van der Waals surface area contributed by atoms with Gasteiger partial charge < -0.3 is 9.84 Å². The summed E-state index contributed by atoms with van der Waals surface area (Å²) in [6.45, 7) is 8.54. The lowest BCUT2D eigenvalue weighted by atomic mass is 10.0. The van der Waals surface area contributed by atoms with Gasteiger partial charge in [-0.3, -0.25) is 4.90 Å². The zero-order valence-corrected chi connectivity index (χ0v) is 21.2. The number of hydrogen-bond donors (Lipinski definition) is 1. The predicted octanol–water partition coefficient (Wildman–Crippen LogP) is 6.69. The van der Waals surface area contributed by atoms with E-state index in [1.54, 1.807) is 22.9 Å². The third-order valence-corrected chi connectivity index (χ3v) is 6.51.